The van der Waals surface area contributed by atoms with Gasteiger partial charge >= 0.3 is 5.97 Å². The van der Waals surface area contributed by atoms with E-state index in [-0.39, 0.29) is 11.5 Å². The fourth-order valence-corrected chi connectivity index (χ4v) is 2.06. The van der Waals surface area contributed by atoms with Crippen molar-refractivity contribution in [2.75, 3.05) is 17.2 Å². The zero-order valence-electron chi connectivity index (χ0n) is 13.9. The van der Waals surface area contributed by atoms with Gasteiger partial charge < -0.3 is 21.1 Å². The number of nitrogens with one attached hydrogen (secondary N) is 2. The molecule has 0 aliphatic heterocycles. The van der Waals surface area contributed by atoms with Gasteiger partial charge in [-0.2, -0.15) is 0 Å². The Morgan fingerprint density at radius 2 is 1.62 bits per heavy atom. The number of nitrogens with two attached hydrogens (primary N) is 1. The maximum atomic E-state index is 12.0. The zero-order valence-corrected chi connectivity index (χ0v) is 13.9. The second kappa shape index (κ2) is 8.43. The predicted molar refractivity (Wildman–Crippen MR) is 94.6 cm³/mol. The molecule has 2 aromatic rings. The van der Waals surface area contributed by atoms with Gasteiger partial charge in [0.25, 0.3) is 5.91 Å². The first-order valence-electron chi connectivity index (χ1n) is 7.59. The fraction of sp³-hybridized carbons (Fsp3) is 0.111. The maximum absolute atomic E-state index is 12.0. The number of amides is 3. The predicted octanol–water partition coefficient (Wildman–Crippen LogP) is 1.54. The van der Waals surface area contributed by atoms with Crippen molar-refractivity contribution in [1.82, 2.24) is 0 Å². The average Bonchev–Trinajstić information content (AvgIpc) is 2.59. The first kappa shape index (κ1) is 18.7. The molecule has 3 amide bonds. The summed E-state index contributed by atoms with van der Waals surface area (Å²) in [6.07, 6.45) is 0. The van der Waals surface area contributed by atoms with E-state index in [1.807, 2.05) is 0 Å². The van der Waals surface area contributed by atoms with Gasteiger partial charge in [-0.25, -0.2) is 4.79 Å². The second-order valence-corrected chi connectivity index (χ2v) is 5.33. The molecule has 0 atom stereocenters. The molecular weight excluding hydrogens is 338 g/mol. The van der Waals surface area contributed by atoms with E-state index in [2.05, 4.69) is 10.6 Å². The second-order valence-electron chi connectivity index (χ2n) is 5.33. The molecule has 0 spiro atoms. The molecule has 2 rings (SSSR count). The number of carbonyl (C=O) groups excluding carboxylic acids is 4. The number of benzene rings is 2. The molecule has 0 fully saturated rings. The van der Waals surface area contributed by atoms with Crippen LogP contribution in [0.2, 0.25) is 0 Å². The van der Waals surface area contributed by atoms with Crippen LogP contribution in [0.25, 0.3) is 0 Å². The number of hydrogen-bond acceptors (Lipinski definition) is 5. The third-order valence-corrected chi connectivity index (χ3v) is 3.21. The zero-order chi connectivity index (χ0) is 19.1. The molecule has 0 saturated carbocycles. The molecule has 8 nitrogen and oxygen atoms in total. The SMILES string of the molecule is CC(=O)Nc1cccc(C(=O)OCC(=O)Nc2ccc(C(N)=O)cc2)c1. The molecule has 2 aromatic carbocycles. The standard InChI is InChI=1S/C18H17N3O5/c1-11(22)20-15-4-2-3-13(9-15)18(25)26-10-16(23)21-14-7-5-12(6-8-14)17(19)24/h2-9H,10H2,1H3,(H2,19,24)(H,20,22)(H,21,23). The highest BCUT2D eigenvalue weighted by atomic mass is 16.5. The normalized spacial score (nSPS) is 9.88. The molecule has 0 heterocycles. The van der Waals surface area contributed by atoms with E-state index < -0.39 is 24.4 Å². The van der Waals surface area contributed by atoms with Crippen molar-refractivity contribution in [3.63, 3.8) is 0 Å². The molecule has 134 valence electrons. The van der Waals surface area contributed by atoms with Crippen LogP contribution in [0.1, 0.15) is 27.6 Å². The Morgan fingerprint density at radius 1 is 0.923 bits per heavy atom. The van der Waals surface area contributed by atoms with Crippen molar-refractivity contribution >= 4 is 35.1 Å². The van der Waals surface area contributed by atoms with E-state index in [9.17, 15) is 19.2 Å². The van der Waals surface area contributed by atoms with E-state index in [0.717, 1.165) is 0 Å². The molecule has 0 bridgehead atoms. The summed E-state index contributed by atoms with van der Waals surface area (Å²) in [5, 5.41) is 5.08. The fourth-order valence-electron chi connectivity index (χ4n) is 2.06. The third-order valence-electron chi connectivity index (χ3n) is 3.21. The topological polar surface area (TPSA) is 128 Å². The van der Waals surface area contributed by atoms with Gasteiger partial charge in [-0.3, -0.25) is 14.4 Å². The number of ether oxygens (including phenoxy) is 1. The van der Waals surface area contributed by atoms with Gasteiger partial charge in [0.1, 0.15) is 0 Å². The Balaban J connectivity index is 1.89. The van der Waals surface area contributed by atoms with Crippen LogP contribution in [0.15, 0.2) is 48.5 Å². The molecule has 0 radical (unpaired) electrons. The summed E-state index contributed by atoms with van der Waals surface area (Å²) in [6.45, 7) is 0.867. The Bertz CT molecular complexity index is 846. The Hall–Kier alpha value is -3.68. The lowest BCUT2D eigenvalue weighted by Crippen LogP contribution is -2.21. The molecule has 0 unspecified atom stereocenters. The minimum absolute atomic E-state index is 0.204. The van der Waals surface area contributed by atoms with E-state index in [4.69, 9.17) is 10.5 Å². The summed E-state index contributed by atoms with van der Waals surface area (Å²) in [7, 11) is 0. The average molecular weight is 355 g/mol. The minimum atomic E-state index is -0.698. The van der Waals surface area contributed by atoms with Gasteiger partial charge in [-0.15, -0.1) is 0 Å². The Labute approximate surface area is 149 Å². The number of carbonyl (C=O) groups is 4. The Kier molecular flexibility index (Phi) is 6.05. The van der Waals surface area contributed by atoms with E-state index >= 15 is 0 Å². The third kappa shape index (κ3) is 5.45. The maximum Gasteiger partial charge on any atom is 0.338 e. The highest BCUT2D eigenvalue weighted by Gasteiger charge is 2.11. The van der Waals surface area contributed by atoms with Gasteiger partial charge in [-0.05, 0) is 42.5 Å². The summed E-state index contributed by atoms with van der Waals surface area (Å²) >= 11 is 0. The minimum Gasteiger partial charge on any atom is -0.452 e. The highest BCUT2D eigenvalue weighted by Crippen LogP contribution is 2.12. The summed E-state index contributed by atoms with van der Waals surface area (Å²) < 4.78 is 4.95. The van der Waals surface area contributed by atoms with Gasteiger partial charge in [0, 0.05) is 23.9 Å². The van der Waals surface area contributed by atoms with E-state index in [1.54, 1.807) is 12.1 Å². The van der Waals surface area contributed by atoms with Gasteiger partial charge in [0.2, 0.25) is 11.8 Å². The first-order chi connectivity index (χ1) is 12.3. The molecule has 0 aromatic heterocycles. The summed E-state index contributed by atoms with van der Waals surface area (Å²) in [4.78, 5) is 45.9. The number of rotatable bonds is 6. The van der Waals surface area contributed by atoms with Crippen molar-refractivity contribution in [1.29, 1.82) is 0 Å². The van der Waals surface area contributed by atoms with Crippen LogP contribution >= 0.6 is 0 Å². The lowest BCUT2D eigenvalue weighted by Gasteiger charge is -2.08. The molecule has 4 N–H and O–H groups in total. The van der Waals surface area contributed by atoms with Crippen molar-refractivity contribution in [3.05, 3.63) is 59.7 Å². The monoisotopic (exact) mass is 355 g/mol. The molecule has 0 aliphatic carbocycles. The van der Waals surface area contributed by atoms with Crippen LogP contribution in [0.4, 0.5) is 11.4 Å². The van der Waals surface area contributed by atoms with Crippen LogP contribution in [-0.2, 0) is 14.3 Å². The summed E-state index contributed by atoms with van der Waals surface area (Å²) in [5.74, 6) is -2.07. The van der Waals surface area contributed by atoms with Gasteiger partial charge in [0.15, 0.2) is 6.61 Å². The van der Waals surface area contributed by atoms with E-state index in [1.165, 1.54) is 43.3 Å². The molecule has 0 aliphatic rings. The number of esters is 1. The van der Waals surface area contributed by atoms with Gasteiger partial charge in [-0.1, -0.05) is 6.07 Å². The molecular formula is C18H17N3O5. The quantitative estimate of drug-likeness (QED) is 0.677. The molecule has 8 heteroatoms. The van der Waals surface area contributed by atoms with Crippen LogP contribution < -0.4 is 16.4 Å². The first-order valence-corrected chi connectivity index (χ1v) is 7.59. The summed E-state index contributed by atoms with van der Waals surface area (Å²) in [5.41, 5.74) is 6.53. The van der Waals surface area contributed by atoms with Crippen LogP contribution in [0, 0.1) is 0 Å². The van der Waals surface area contributed by atoms with Crippen molar-refractivity contribution in [3.8, 4) is 0 Å². The smallest absolute Gasteiger partial charge is 0.338 e. The van der Waals surface area contributed by atoms with Gasteiger partial charge in [0.05, 0.1) is 5.56 Å². The summed E-state index contributed by atoms with van der Waals surface area (Å²) in [6, 6.07) is 12.1. The lowest BCUT2D eigenvalue weighted by atomic mass is 10.2. The molecule has 0 saturated heterocycles. The van der Waals surface area contributed by atoms with Crippen LogP contribution in [-0.4, -0.2) is 30.3 Å². The van der Waals surface area contributed by atoms with Crippen LogP contribution in [0.3, 0.4) is 0 Å². The Morgan fingerprint density at radius 3 is 2.23 bits per heavy atom. The highest BCUT2D eigenvalue weighted by molar-refractivity contribution is 5.97. The number of hydrogen-bond donors (Lipinski definition) is 3. The largest absolute Gasteiger partial charge is 0.452 e. The van der Waals surface area contributed by atoms with Crippen LogP contribution in [0.5, 0.6) is 0 Å². The van der Waals surface area contributed by atoms with Crippen molar-refractivity contribution in [2.45, 2.75) is 6.92 Å². The van der Waals surface area contributed by atoms with Crippen molar-refractivity contribution in [2.24, 2.45) is 5.73 Å². The lowest BCUT2D eigenvalue weighted by molar-refractivity contribution is -0.119. The molecule has 26 heavy (non-hydrogen) atoms. The number of primary amides is 1. The number of anilines is 2. The van der Waals surface area contributed by atoms with E-state index in [0.29, 0.717) is 16.9 Å². The van der Waals surface area contributed by atoms with Crippen molar-refractivity contribution < 1.29 is 23.9 Å².